The summed E-state index contributed by atoms with van der Waals surface area (Å²) in [6.07, 6.45) is 4.67. The topological polar surface area (TPSA) is 32.3 Å². The number of nitrogens with zero attached hydrogens (tertiary/aromatic N) is 1. The van der Waals surface area contributed by atoms with Gasteiger partial charge in [-0.1, -0.05) is 0 Å². The van der Waals surface area contributed by atoms with Gasteiger partial charge < -0.3 is 10.2 Å². The van der Waals surface area contributed by atoms with E-state index in [1.165, 1.54) is 12.8 Å². The van der Waals surface area contributed by atoms with E-state index in [4.69, 9.17) is 0 Å². The minimum absolute atomic E-state index is 0.105. The number of nitrogens with one attached hydrogen (secondary N) is 1. The van der Waals surface area contributed by atoms with Crippen LogP contribution in [-0.4, -0.2) is 37.0 Å². The molecule has 0 bridgehead atoms. The predicted molar refractivity (Wildman–Crippen MR) is 53.5 cm³/mol. The molecule has 13 heavy (non-hydrogen) atoms. The molecule has 1 aliphatic carbocycles. The smallest absolute Gasteiger partial charge is 0.217 e. The monoisotopic (exact) mass is 184 g/mol. The number of hydrogen-bond acceptors (Lipinski definition) is 2. The highest BCUT2D eigenvalue weighted by Crippen LogP contribution is 2.21. The maximum absolute atomic E-state index is 10.8. The summed E-state index contributed by atoms with van der Waals surface area (Å²) in [7, 11) is 4.26. The molecule has 3 nitrogen and oxygen atoms in total. The summed E-state index contributed by atoms with van der Waals surface area (Å²) in [5.41, 5.74) is 0. The predicted octanol–water partition coefficient (Wildman–Crippen LogP) is 0.995. The average Bonchev–Trinajstić information content (AvgIpc) is 2.04. The van der Waals surface area contributed by atoms with Crippen molar-refractivity contribution in [2.75, 3.05) is 14.1 Å². The third-order valence-electron chi connectivity index (χ3n) is 2.83. The minimum atomic E-state index is 0.105. The van der Waals surface area contributed by atoms with Gasteiger partial charge in [-0.05, 0) is 39.8 Å². The van der Waals surface area contributed by atoms with Gasteiger partial charge in [0, 0.05) is 19.0 Å². The molecule has 0 unspecified atom stereocenters. The zero-order chi connectivity index (χ0) is 9.84. The first-order valence-electron chi connectivity index (χ1n) is 5.03. The van der Waals surface area contributed by atoms with Crippen LogP contribution in [0.5, 0.6) is 0 Å². The van der Waals surface area contributed by atoms with Crippen molar-refractivity contribution in [3.63, 3.8) is 0 Å². The maximum atomic E-state index is 10.8. The second-order valence-electron chi connectivity index (χ2n) is 4.17. The number of amides is 1. The molecule has 0 aromatic rings. The van der Waals surface area contributed by atoms with Crippen LogP contribution in [0.1, 0.15) is 32.6 Å². The quantitative estimate of drug-likeness (QED) is 0.694. The normalized spacial score (nSPS) is 28.9. The van der Waals surface area contributed by atoms with Crippen molar-refractivity contribution < 1.29 is 4.79 Å². The third-order valence-corrected chi connectivity index (χ3v) is 2.83. The Kier molecular flexibility index (Phi) is 3.72. The Morgan fingerprint density at radius 1 is 1.23 bits per heavy atom. The molecule has 1 aliphatic rings. The summed E-state index contributed by atoms with van der Waals surface area (Å²) in [4.78, 5) is 13.1. The van der Waals surface area contributed by atoms with E-state index in [9.17, 15) is 4.79 Å². The molecule has 0 saturated heterocycles. The second kappa shape index (κ2) is 4.61. The molecule has 0 spiro atoms. The lowest BCUT2D eigenvalue weighted by Crippen LogP contribution is -2.40. The second-order valence-corrected chi connectivity index (χ2v) is 4.17. The fourth-order valence-electron chi connectivity index (χ4n) is 2.02. The van der Waals surface area contributed by atoms with E-state index >= 15 is 0 Å². The largest absolute Gasteiger partial charge is 0.354 e. The third kappa shape index (κ3) is 3.35. The zero-order valence-corrected chi connectivity index (χ0v) is 8.84. The molecule has 1 saturated carbocycles. The molecule has 0 aromatic heterocycles. The van der Waals surface area contributed by atoms with Gasteiger partial charge in [-0.15, -0.1) is 0 Å². The van der Waals surface area contributed by atoms with Crippen LogP contribution in [0.3, 0.4) is 0 Å². The van der Waals surface area contributed by atoms with Gasteiger partial charge in [-0.25, -0.2) is 0 Å². The molecule has 0 radical (unpaired) electrons. The molecular weight excluding hydrogens is 164 g/mol. The van der Waals surface area contributed by atoms with Gasteiger partial charge in [0.1, 0.15) is 0 Å². The lowest BCUT2D eigenvalue weighted by atomic mass is 9.90. The molecule has 1 N–H and O–H groups in total. The average molecular weight is 184 g/mol. The van der Waals surface area contributed by atoms with Gasteiger partial charge in [-0.3, -0.25) is 4.79 Å². The van der Waals surface area contributed by atoms with E-state index in [1.54, 1.807) is 6.92 Å². The Morgan fingerprint density at radius 3 is 2.15 bits per heavy atom. The molecule has 76 valence electrons. The van der Waals surface area contributed by atoms with Crippen molar-refractivity contribution >= 4 is 5.91 Å². The molecule has 1 amide bonds. The van der Waals surface area contributed by atoms with Crippen LogP contribution < -0.4 is 5.32 Å². The lowest BCUT2D eigenvalue weighted by Gasteiger charge is -2.32. The van der Waals surface area contributed by atoms with E-state index in [0.29, 0.717) is 12.1 Å². The van der Waals surface area contributed by atoms with Crippen molar-refractivity contribution in [1.29, 1.82) is 0 Å². The van der Waals surface area contributed by atoms with Crippen LogP contribution in [-0.2, 0) is 4.79 Å². The standard InChI is InChI=1S/C10H20N2O/c1-8(13)11-9-4-6-10(7-5-9)12(2)3/h9-10H,4-7H2,1-3H3,(H,11,13)/t9-,10+. The van der Waals surface area contributed by atoms with Gasteiger partial charge in [0.2, 0.25) is 5.91 Å². The number of carbonyl (C=O) groups is 1. The SMILES string of the molecule is CC(=O)N[C@H]1CC[C@@H](N(C)C)CC1. The summed E-state index contributed by atoms with van der Waals surface area (Å²) in [6, 6.07) is 1.14. The van der Waals surface area contributed by atoms with E-state index in [0.717, 1.165) is 12.8 Å². The van der Waals surface area contributed by atoms with Gasteiger partial charge in [0.15, 0.2) is 0 Å². The highest BCUT2D eigenvalue weighted by molar-refractivity contribution is 5.73. The van der Waals surface area contributed by atoms with Crippen LogP contribution in [0.2, 0.25) is 0 Å². The molecule has 0 aliphatic heterocycles. The first kappa shape index (κ1) is 10.5. The molecule has 0 aromatic carbocycles. The van der Waals surface area contributed by atoms with Crippen molar-refractivity contribution in [2.24, 2.45) is 0 Å². The van der Waals surface area contributed by atoms with Gasteiger partial charge in [0.05, 0.1) is 0 Å². The van der Waals surface area contributed by atoms with E-state index in [1.807, 2.05) is 0 Å². The molecule has 1 fully saturated rings. The Labute approximate surface area is 80.5 Å². The Hall–Kier alpha value is -0.570. The van der Waals surface area contributed by atoms with Crippen molar-refractivity contribution in [3.05, 3.63) is 0 Å². The first-order valence-corrected chi connectivity index (χ1v) is 5.03. The highest BCUT2D eigenvalue weighted by atomic mass is 16.1. The van der Waals surface area contributed by atoms with E-state index < -0.39 is 0 Å². The van der Waals surface area contributed by atoms with Crippen LogP contribution in [0, 0.1) is 0 Å². The summed E-state index contributed by atoms with van der Waals surface area (Å²) < 4.78 is 0. The van der Waals surface area contributed by atoms with Crippen LogP contribution >= 0.6 is 0 Å². The van der Waals surface area contributed by atoms with Gasteiger partial charge in [-0.2, -0.15) is 0 Å². The van der Waals surface area contributed by atoms with E-state index in [2.05, 4.69) is 24.3 Å². The number of hydrogen-bond donors (Lipinski definition) is 1. The number of carbonyl (C=O) groups excluding carboxylic acids is 1. The summed E-state index contributed by atoms with van der Waals surface area (Å²) >= 11 is 0. The molecule has 3 heteroatoms. The Morgan fingerprint density at radius 2 is 1.77 bits per heavy atom. The summed E-state index contributed by atoms with van der Waals surface area (Å²) in [5.74, 6) is 0.105. The molecular formula is C10H20N2O. The van der Waals surface area contributed by atoms with E-state index in [-0.39, 0.29) is 5.91 Å². The molecule has 1 rings (SSSR count). The van der Waals surface area contributed by atoms with Crippen molar-refractivity contribution in [3.8, 4) is 0 Å². The van der Waals surface area contributed by atoms with Gasteiger partial charge in [0.25, 0.3) is 0 Å². The summed E-state index contributed by atoms with van der Waals surface area (Å²) in [5, 5.41) is 2.98. The van der Waals surface area contributed by atoms with Crippen molar-refractivity contribution in [1.82, 2.24) is 10.2 Å². The Bertz CT molecular complexity index is 172. The van der Waals surface area contributed by atoms with Crippen LogP contribution in [0.15, 0.2) is 0 Å². The van der Waals surface area contributed by atoms with Gasteiger partial charge >= 0.3 is 0 Å². The Balaban J connectivity index is 2.26. The lowest BCUT2D eigenvalue weighted by molar-refractivity contribution is -0.119. The molecule has 0 atom stereocenters. The zero-order valence-electron chi connectivity index (χ0n) is 8.84. The minimum Gasteiger partial charge on any atom is -0.354 e. The fourth-order valence-corrected chi connectivity index (χ4v) is 2.02. The highest BCUT2D eigenvalue weighted by Gasteiger charge is 2.22. The fraction of sp³-hybridized carbons (Fsp3) is 0.900. The number of rotatable bonds is 2. The first-order chi connectivity index (χ1) is 6.09. The van der Waals surface area contributed by atoms with Crippen LogP contribution in [0.4, 0.5) is 0 Å². The van der Waals surface area contributed by atoms with Crippen LogP contribution in [0.25, 0.3) is 0 Å². The molecule has 0 heterocycles. The maximum Gasteiger partial charge on any atom is 0.217 e. The van der Waals surface area contributed by atoms with Crippen molar-refractivity contribution in [2.45, 2.75) is 44.7 Å². The summed E-state index contributed by atoms with van der Waals surface area (Å²) in [6.45, 7) is 1.60.